The molecule has 1 heterocycles. The lowest BCUT2D eigenvalue weighted by Crippen LogP contribution is -2.03. The monoisotopic (exact) mass is 400 g/mol. The van der Waals surface area contributed by atoms with Crippen molar-refractivity contribution in [3.8, 4) is 5.75 Å². The van der Waals surface area contributed by atoms with Crippen LogP contribution >= 0.6 is 0 Å². The molecule has 0 saturated carbocycles. The van der Waals surface area contributed by atoms with Gasteiger partial charge in [0.05, 0.1) is 6.61 Å². The second-order valence-corrected chi connectivity index (χ2v) is 8.60. The van der Waals surface area contributed by atoms with Crippen LogP contribution in [0.4, 0.5) is 0 Å². The summed E-state index contributed by atoms with van der Waals surface area (Å²) in [6.07, 6.45) is 25.5. The minimum absolute atomic E-state index is 0.331. The standard InChI is InChI=1S/C27H44O2/c1-2-3-4-5-6-7-8-9-10-11-12-13-14-15-16-17-18-25-19-21-26(22-20-25)28-23-27-24-29-27/h5-6,19-22,27H,2-4,7-18,23-24H2,1H3/b6-5+. The van der Waals surface area contributed by atoms with Crippen LogP contribution in [-0.4, -0.2) is 19.3 Å². The molecule has 0 N–H and O–H groups in total. The molecule has 1 aliphatic rings. The number of unbranched alkanes of at least 4 members (excludes halogenated alkanes) is 12. The Kier molecular flexibility index (Phi) is 13.7. The average molecular weight is 401 g/mol. The topological polar surface area (TPSA) is 21.8 Å². The van der Waals surface area contributed by atoms with E-state index < -0.39 is 0 Å². The number of rotatable bonds is 19. The van der Waals surface area contributed by atoms with Crippen molar-refractivity contribution in [2.24, 2.45) is 0 Å². The summed E-state index contributed by atoms with van der Waals surface area (Å²) >= 11 is 0. The molecule has 1 aromatic rings. The van der Waals surface area contributed by atoms with Crippen molar-refractivity contribution in [1.29, 1.82) is 0 Å². The zero-order chi connectivity index (χ0) is 20.4. The fourth-order valence-corrected chi connectivity index (χ4v) is 3.67. The summed E-state index contributed by atoms with van der Waals surface area (Å²) in [4.78, 5) is 0. The van der Waals surface area contributed by atoms with Gasteiger partial charge in [-0.15, -0.1) is 0 Å². The Labute approximate surface area is 180 Å². The van der Waals surface area contributed by atoms with E-state index in [-0.39, 0.29) is 0 Å². The van der Waals surface area contributed by atoms with Crippen LogP contribution in [0.15, 0.2) is 36.4 Å². The first-order chi connectivity index (χ1) is 14.4. The molecule has 2 nitrogen and oxygen atoms in total. The van der Waals surface area contributed by atoms with Crippen LogP contribution in [0.5, 0.6) is 5.75 Å². The number of hydrogen-bond donors (Lipinski definition) is 0. The molecule has 1 unspecified atom stereocenters. The minimum atomic E-state index is 0.331. The zero-order valence-corrected chi connectivity index (χ0v) is 18.9. The van der Waals surface area contributed by atoms with Crippen molar-refractivity contribution in [3.05, 3.63) is 42.0 Å². The van der Waals surface area contributed by atoms with Crippen molar-refractivity contribution in [2.75, 3.05) is 13.2 Å². The molecule has 1 aromatic carbocycles. The largest absolute Gasteiger partial charge is 0.491 e. The third-order valence-corrected chi connectivity index (χ3v) is 5.74. The third kappa shape index (κ3) is 13.5. The fraction of sp³-hybridized carbons (Fsp3) is 0.704. The maximum absolute atomic E-state index is 5.69. The highest BCUT2D eigenvalue weighted by Gasteiger charge is 2.22. The first-order valence-corrected chi connectivity index (χ1v) is 12.4. The van der Waals surface area contributed by atoms with Crippen molar-refractivity contribution >= 4 is 0 Å². The Hall–Kier alpha value is -1.28. The number of benzene rings is 1. The van der Waals surface area contributed by atoms with Crippen molar-refractivity contribution in [1.82, 2.24) is 0 Å². The summed E-state index contributed by atoms with van der Waals surface area (Å²) in [6.45, 7) is 3.81. The maximum atomic E-state index is 5.69. The van der Waals surface area contributed by atoms with E-state index in [1.165, 1.54) is 102 Å². The molecule has 1 saturated heterocycles. The lowest BCUT2D eigenvalue weighted by Gasteiger charge is -2.06. The molecule has 1 aliphatic heterocycles. The van der Waals surface area contributed by atoms with Gasteiger partial charge in [-0.2, -0.15) is 0 Å². The van der Waals surface area contributed by atoms with Gasteiger partial charge in [0, 0.05) is 0 Å². The van der Waals surface area contributed by atoms with Crippen LogP contribution in [0.1, 0.15) is 102 Å². The zero-order valence-electron chi connectivity index (χ0n) is 18.9. The summed E-state index contributed by atoms with van der Waals surface area (Å²) in [7, 11) is 0. The van der Waals surface area contributed by atoms with E-state index in [1.54, 1.807) is 0 Å². The van der Waals surface area contributed by atoms with Crippen LogP contribution in [-0.2, 0) is 11.2 Å². The lowest BCUT2D eigenvalue weighted by molar-refractivity contribution is 0.263. The van der Waals surface area contributed by atoms with Gasteiger partial charge in [0.25, 0.3) is 0 Å². The van der Waals surface area contributed by atoms with E-state index in [1.807, 2.05) is 0 Å². The molecule has 2 rings (SSSR count). The first kappa shape index (κ1) is 24.0. The number of ether oxygens (including phenoxy) is 2. The molecule has 0 radical (unpaired) electrons. The molecular formula is C27H44O2. The summed E-state index contributed by atoms with van der Waals surface area (Å²) < 4.78 is 10.9. The normalized spacial score (nSPS) is 15.8. The first-order valence-electron chi connectivity index (χ1n) is 12.4. The second kappa shape index (κ2) is 16.5. The molecule has 0 bridgehead atoms. The number of allylic oxidation sites excluding steroid dienone is 2. The van der Waals surface area contributed by atoms with Gasteiger partial charge in [-0.25, -0.2) is 0 Å². The van der Waals surface area contributed by atoms with Crippen LogP contribution < -0.4 is 4.74 Å². The third-order valence-electron chi connectivity index (χ3n) is 5.74. The summed E-state index contributed by atoms with van der Waals surface area (Å²) in [6, 6.07) is 8.62. The molecular weight excluding hydrogens is 356 g/mol. The van der Waals surface area contributed by atoms with Crippen LogP contribution in [0.25, 0.3) is 0 Å². The molecule has 0 aromatic heterocycles. The highest BCUT2D eigenvalue weighted by molar-refractivity contribution is 5.27. The molecule has 0 spiro atoms. The van der Waals surface area contributed by atoms with Gasteiger partial charge in [0.2, 0.25) is 0 Å². The molecule has 164 valence electrons. The van der Waals surface area contributed by atoms with Gasteiger partial charge < -0.3 is 9.47 Å². The van der Waals surface area contributed by atoms with Crippen LogP contribution in [0, 0.1) is 0 Å². The van der Waals surface area contributed by atoms with E-state index in [0.29, 0.717) is 12.7 Å². The summed E-state index contributed by atoms with van der Waals surface area (Å²) in [5.41, 5.74) is 1.43. The van der Waals surface area contributed by atoms with Gasteiger partial charge in [0.1, 0.15) is 18.5 Å². The predicted octanol–water partition coefficient (Wildman–Crippen LogP) is 8.04. The molecule has 29 heavy (non-hydrogen) atoms. The summed E-state index contributed by atoms with van der Waals surface area (Å²) in [5.74, 6) is 0.965. The van der Waals surface area contributed by atoms with E-state index in [0.717, 1.165) is 12.4 Å². The Balaban J connectivity index is 1.31. The van der Waals surface area contributed by atoms with Crippen LogP contribution in [0.3, 0.4) is 0 Å². The van der Waals surface area contributed by atoms with Crippen LogP contribution in [0.2, 0.25) is 0 Å². The van der Waals surface area contributed by atoms with E-state index in [9.17, 15) is 0 Å². The van der Waals surface area contributed by atoms with Gasteiger partial charge in [0.15, 0.2) is 0 Å². The lowest BCUT2D eigenvalue weighted by atomic mass is 10.0. The highest BCUT2D eigenvalue weighted by Crippen LogP contribution is 2.18. The Bertz CT molecular complexity index is 516. The maximum Gasteiger partial charge on any atom is 0.119 e. The highest BCUT2D eigenvalue weighted by atomic mass is 16.6. The Morgan fingerprint density at radius 3 is 1.93 bits per heavy atom. The minimum Gasteiger partial charge on any atom is -0.491 e. The summed E-state index contributed by atoms with van der Waals surface area (Å²) in [5, 5.41) is 0. The number of hydrogen-bond acceptors (Lipinski definition) is 2. The quantitative estimate of drug-likeness (QED) is 0.133. The molecule has 1 atom stereocenters. The molecule has 0 amide bonds. The Morgan fingerprint density at radius 1 is 0.793 bits per heavy atom. The number of epoxide rings is 1. The van der Waals surface area contributed by atoms with Crippen molar-refractivity contribution < 1.29 is 9.47 Å². The fourth-order valence-electron chi connectivity index (χ4n) is 3.67. The van der Waals surface area contributed by atoms with E-state index in [4.69, 9.17) is 9.47 Å². The van der Waals surface area contributed by atoms with Gasteiger partial charge in [-0.3, -0.25) is 0 Å². The second-order valence-electron chi connectivity index (χ2n) is 8.60. The smallest absolute Gasteiger partial charge is 0.119 e. The average Bonchev–Trinajstić information content (AvgIpc) is 3.57. The van der Waals surface area contributed by atoms with E-state index >= 15 is 0 Å². The van der Waals surface area contributed by atoms with E-state index in [2.05, 4.69) is 43.3 Å². The predicted molar refractivity (Wildman–Crippen MR) is 125 cm³/mol. The van der Waals surface area contributed by atoms with Crippen molar-refractivity contribution in [2.45, 2.75) is 109 Å². The SMILES string of the molecule is CCCC/C=C/CCCCCCCCCCCCc1ccc(OCC2CO2)cc1. The molecule has 1 fully saturated rings. The van der Waals surface area contributed by atoms with Gasteiger partial charge in [-0.05, 0) is 49.8 Å². The van der Waals surface area contributed by atoms with Crippen molar-refractivity contribution in [3.63, 3.8) is 0 Å². The van der Waals surface area contributed by atoms with Gasteiger partial charge in [-0.1, -0.05) is 95.4 Å². The molecule has 0 aliphatic carbocycles. The Morgan fingerprint density at radius 2 is 1.34 bits per heavy atom. The van der Waals surface area contributed by atoms with Gasteiger partial charge >= 0.3 is 0 Å². The number of aryl methyl sites for hydroxylation is 1. The molecule has 2 heteroatoms.